The maximum atomic E-state index is 13.9. The maximum Gasteiger partial charge on any atom is 0.292 e. The smallest absolute Gasteiger partial charge is 0.292 e. The Morgan fingerprint density at radius 3 is 2.65 bits per heavy atom. The van der Waals surface area contributed by atoms with Crippen LogP contribution in [0.3, 0.4) is 0 Å². The summed E-state index contributed by atoms with van der Waals surface area (Å²) < 4.78 is 14.5. The van der Waals surface area contributed by atoms with E-state index in [2.05, 4.69) is 21.2 Å². The lowest BCUT2D eigenvalue weighted by molar-refractivity contribution is -0.384. The fraction of sp³-hybridized carbons (Fsp3) is 0.143. The molecule has 0 fully saturated rings. The fourth-order valence-corrected chi connectivity index (χ4v) is 2.25. The Hall–Kier alpha value is -1.95. The van der Waals surface area contributed by atoms with Crippen molar-refractivity contribution >= 4 is 27.3 Å². The van der Waals surface area contributed by atoms with E-state index in [9.17, 15) is 14.5 Å². The van der Waals surface area contributed by atoms with Crippen molar-refractivity contribution < 1.29 is 9.31 Å². The summed E-state index contributed by atoms with van der Waals surface area (Å²) in [6.45, 7) is 1.75. The average molecular weight is 339 g/mol. The number of nitro groups is 1. The number of benzene rings is 2. The van der Waals surface area contributed by atoms with Crippen molar-refractivity contribution in [3.8, 4) is 0 Å². The number of nitro benzene ring substituents is 1. The van der Waals surface area contributed by atoms with Crippen molar-refractivity contribution in [1.82, 2.24) is 0 Å². The van der Waals surface area contributed by atoms with Gasteiger partial charge in [0.15, 0.2) is 0 Å². The minimum absolute atomic E-state index is 0.0307. The standard InChI is InChI=1S/C14H12BrFN2O2/c1-9(11-7-6-10(15)8-12(11)16)17-13-4-2-3-5-14(13)18(19)20/h2-9,17H,1H3. The molecule has 0 radical (unpaired) electrons. The summed E-state index contributed by atoms with van der Waals surface area (Å²) in [5.41, 5.74) is 0.788. The van der Waals surface area contributed by atoms with Crippen molar-refractivity contribution in [2.24, 2.45) is 0 Å². The molecular formula is C14H12BrFN2O2. The summed E-state index contributed by atoms with van der Waals surface area (Å²) in [5.74, 6) is -0.363. The molecule has 0 aliphatic carbocycles. The molecule has 1 unspecified atom stereocenters. The Bertz CT molecular complexity index is 649. The van der Waals surface area contributed by atoms with Crippen molar-refractivity contribution in [3.05, 3.63) is 68.4 Å². The molecule has 6 heteroatoms. The second-order valence-electron chi connectivity index (χ2n) is 4.31. The topological polar surface area (TPSA) is 55.2 Å². The lowest BCUT2D eigenvalue weighted by atomic mass is 10.1. The van der Waals surface area contributed by atoms with E-state index in [1.54, 1.807) is 37.3 Å². The third kappa shape index (κ3) is 3.14. The normalized spacial score (nSPS) is 11.9. The van der Waals surface area contributed by atoms with Gasteiger partial charge in [-0.05, 0) is 25.1 Å². The van der Waals surface area contributed by atoms with Crippen LogP contribution in [0.15, 0.2) is 46.9 Å². The van der Waals surface area contributed by atoms with Crippen LogP contribution in [0.25, 0.3) is 0 Å². The fourth-order valence-electron chi connectivity index (χ4n) is 1.92. The van der Waals surface area contributed by atoms with Crippen LogP contribution in [0.1, 0.15) is 18.5 Å². The highest BCUT2D eigenvalue weighted by Crippen LogP contribution is 2.29. The quantitative estimate of drug-likeness (QED) is 0.651. The van der Waals surface area contributed by atoms with Gasteiger partial charge in [0.1, 0.15) is 11.5 Å². The van der Waals surface area contributed by atoms with Gasteiger partial charge in [-0.15, -0.1) is 0 Å². The second-order valence-corrected chi connectivity index (χ2v) is 5.22. The largest absolute Gasteiger partial charge is 0.373 e. The number of nitrogens with one attached hydrogen (secondary N) is 1. The number of hydrogen-bond acceptors (Lipinski definition) is 3. The van der Waals surface area contributed by atoms with Gasteiger partial charge in [0.25, 0.3) is 5.69 Å². The van der Waals surface area contributed by atoms with Gasteiger partial charge in [0, 0.05) is 16.1 Å². The van der Waals surface area contributed by atoms with Crippen LogP contribution in [0.2, 0.25) is 0 Å². The van der Waals surface area contributed by atoms with Gasteiger partial charge in [-0.3, -0.25) is 10.1 Å². The Kier molecular flexibility index (Phi) is 4.34. The number of para-hydroxylation sites is 2. The summed E-state index contributed by atoms with van der Waals surface area (Å²) in [4.78, 5) is 10.5. The molecule has 0 heterocycles. The zero-order chi connectivity index (χ0) is 14.7. The van der Waals surface area contributed by atoms with Gasteiger partial charge in [-0.25, -0.2) is 4.39 Å². The number of nitrogens with zero attached hydrogens (tertiary/aromatic N) is 1. The van der Waals surface area contributed by atoms with Gasteiger partial charge in [-0.1, -0.05) is 34.1 Å². The van der Waals surface area contributed by atoms with E-state index >= 15 is 0 Å². The molecule has 2 rings (SSSR count). The van der Waals surface area contributed by atoms with Gasteiger partial charge >= 0.3 is 0 Å². The van der Waals surface area contributed by atoms with Crippen LogP contribution in [0, 0.1) is 15.9 Å². The molecule has 0 saturated heterocycles. The highest BCUT2D eigenvalue weighted by atomic mass is 79.9. The first-order chi connectivity index (χ1) is 9.49. The van der Waals surface area contributed by atoms with Crippen molar-refractivity contribution in [3.63, 3.8) is 0 Å². The van der Waals surface area contributed by atoms with Crippen molar-refractivity contribution in [2.75, 3.05) is 5.32 Å². The summed E-state index contributed by atoms with van der Waals surface area (Å²) in [5, 5.41) is 13.9. The number of rotatable bonds is 4. The van der Waals surface area contributed by atoms with Crippen LogP contribution in [0.5, 0.6) is 0 Å². The lowest BCUT2D eigenvalue weighted by Crippen LogP contribution is -2.10. The number of halogens is 2. The average Bonchev–Trinajstić information content (AvgIpc) is 2.38. The Morgan fingerprint density at radius 2 is 2.00 bits per heavy atom. The number of hydrogen-bond donors (Lipinski definition) is 1. The van der Waals surface area contributed by atoms with E-state index in [4.69, 9.17) is 0 Å². The molecule has 0 bridgehead atoms. The zero-order valence-corrected chi connectivity index (χ0v) is 12.2. The molecule has 4 nitrogen and oxygen atoms in total. The molecule has 20 heavy (non-hydrogen) atoms. The summed E-state index contributed by atoms with van der Waals surface area (Å²) in [7, 11) is 0. The first kappa shape index (κ1) is 14.5. The van der Waals surface area contributed by atoms with Crippen LogP contribution in [-0.4, -0.2) is 4.92 Å². The van der Waals surface area contributed by atoms with E-state index in [-0.39, 0.29) is 17.5 Å². The van der Waals surface area contributed by atoms with Crippen LogP contribution < -0.4 is 5.32 Å². The third-order valence-electron chi connectivity index (χ3n) is 2.90. The lowest BCUT2D eigenvalue weighted by Gasteiger charge is -2.16. The molecule has 104 valence electrons. The predicted molar refractivity (Wildman–Crippen MR) is 79.2 cm³/mol. The molecule has 0 aliphatic rings. The van der Waals surface area contributed by atoms with E-state index in [1.165, 1.54) is 12.1 Å². The molecule has 1 N–H and O–H groups in total. The van der Waals surface area contributed by atoms with E-state index in [1.807, 2.05) is 0 Å². The molecule has 0 saturated carbocycles. The van der Waals surface area contributed by atoms with E-state index in [0.717, 1.165) is 0 Å². The zero-order valence-electron chi connectivity index (χ0n) is 10.6. The summed E-state index contributed by atoms with van der Waals surface area (Å²) >= 11 is 3.19. The monoisotopic (exact) mass is 338 g/mol. The Labute approximate surface area is 123 Å². The SMILES string of the molecule is CC(Nc1ccccc1[N+](=O)[O-])c1ccc(Br)cc1F. The summed E-state index contributed by atoms with van der Waals surface area (Å²) in [6, 6.07) is 10.7. The molecule has 0 spiro atoms. The Morgan fingerprint density at radius 1 is 1.30 bits per heavy atom. The minimum Gasteiger partial charge on any atom is -0.373 e. The Balaban J connectivity index is 2.28. The maximum absolute atomic E-state index is 13.9. The highest BCUT2D eigenvalue weighted by Gasteiger charge is 2.17. The first-order valence-corrected chi connectivity index (χ1v) is 6.73. The third-order valence-corrected chi connectivity index (χ3v) is 3.40. The molecule has 0 aliphatic heterocycles. The second kappa shape index (κ2) is 6.00. The van der Waals surface area contributed by atoms with E-state index in [0.29, 0.717) is 15.7 Å². The molecule has 0 amide bonds. The minimum atomic E-state index is -0.465. The van der Waals surface area contributed by atoms with Gasteiger partial charge < -0.3 is 5.32 Å². The molecule has 0 aromatic heterocycles. The van der Waals surface area contributed by atoms with Crippen LogP contribution in [0.4, 0.5) is 15.8 Å². The van der Waals surface area contributed by atoms with Crippen LogP contribution >= 0.6 is 15.9 Å². The predicted octanol–water partition coefficient (Wildman–Crippen LogP) is 4.67. The molecule has 2 aromatic rings. The van der Waals surface area contributed by atoms with E-state index < -0.39 is 4.92 Å². The van der Waals surface area contributed by atoms with Gasteiger partial charge in [0.05, 0.1) is 11.0 Å². The highest BCUT2D eigenvalue weighted by molar-refractivity contribution is 9.10. The van der Waals surface area contributed by atoms with Gasteiger partial charge in [-0.2, -0.15) is 0 Å². The molecule has 2 aromatic carbocycles. The van der Waals surface area contributed by atoms with Crippen LogP contribution in [-0.2, 0) is 0 Å². The molecule has 1 atom stereocenters. The summed E-state index contributed by atoms with van der Waals surface area (Å²) in [6.07, 6.45) is 0. The first-order valence-electron chi connectivity index (χ1n) is 5.94. The van der Waals surface area contributed by atoms with Gasteiger partial charge in [0.2, 0.25) is 0 Å². The van der Waals surface area contributed by atoms with Crippen molar-refractivity contribution in [1.29, 1.82) is 0 Å². The molecular weight excluding hydrogens is 327 g/mol. The number of anilines is 1. The van der Waals surface area contributed by atoms with Crippen molar-refractivity contribution in [2.45, 2.75) is 13.0 Å².